The Hall–Kier alpha value is -2.56. The van der Waals surface area contributed by atoms with Crippen LogP contribution in [0, 0.1) is 11.2 Å². The number of carbonyl (C=O) groups is 2. The van der Waals surface area contributed by atoms with E-state index in [0.717, 1.165) is 25.0 Å². The zero-order valence-corrected chi connectivity index (χ0v) is 18.6. The van der Waals surface area contributed by atoms with E-state index in [2.05, 4.69) is 5.32 Å². The average molecular weight is 485 g/mol. The second kappa shape index (κ2) is 8.58. The molecule has 1 aliphatic carbocycles. The summed E-state index contributed by atoms with van der Waals surface area (Å²) < 4.78 is 63.4. The smallest absolute Gasteiger partial charge is 0.416 e. The quantitative estimate of drug-likeness (QED) is 0.654. The van der Waals surface area contributed by atoms with Gasteiger partial charge in [0.25, 0.3) is 0 Å². The highest BCUT2D eigenvalue weighted by atomic mass is 19.4. The van der Waals surface area contributed by atoms with Crippen molar-refractivity contribution in [2.45, 2.75) is 56.5 Å². The van der Waals surface area contributed by atoms with Crippen molar-refractivity contribution in [3.63, 3.8) is 0 Å². The van der Waals surface area contributed by atoms with E-state index in [0.29, 0.717) is 51.5 Å². The van der Waals surface area contributed by atoms with E-state index in [4.69, 9.17) is 9.47 Å². The Morgan fingerprint density at radius 2 is 1.88 bits per heavy atom. The second-order valence-electron chi connectivity index (χ2n) is 9.82. The van der Waals surface area contributed by atoms with Crippen LogP contribution in [0.25, 0.3) is 0 Å². The van der Waals surface area contributed by atoms with Crippen molar-refractivity contribution in [2.75, 3.05) is 32.8 Å². The Balaban J connectivity index is 1.10. The number of carbonyl (C=O) groups excluding carboxylic acids is 2. The summed E-state index contributed by atoms with van der Waals surface area (Å²) in [6, 6.07) is 2.11. The van der Waals surface area contributed by atoms with Crippen LogP contribution in [0.15, 0.2) is 18.2 Å². The molecule has 1 N–H and O–H groups in total. The summed E-state index contributed by atoms with van der Waals surface area (Å²) in [4.78, 5) is 28.2. The topological polar surface area (TPSA) is 71.1 Å². The van der Waals surface area contributed by atoms with Crippen LogP contribution in [0.2, 0.25) is 0 Å². The normalized spacial score (nSPS) is 27.1. The van der Waals surface area contributed by atoms with Gasteiger partial charge in [0.05, 0.1) is 23.8 Å². The SMILES string of the molecule is O=C1COC2CCN(C(=O)N3CCC4(CC3)CC(Oc3ccc(C(F)(F)F)cc3F)C4)CC2N1. The monoisotopic (exact) mass is 485 g/mol. The van der Waals surface area contributed by atoms with Gasteiger partial charge >= 0.3 is 12.2 Å². The predicted octanol–water partition coefficient (Wildman–Crippen LogP) is 3.18. The maximum atomic E-state index is 14.1. The van der Waals surface area contributed by atoms with Crippen LogP contribution in [0.5, 0.6) is 5.75 Å². The molecule has 2 unspecified atom stereocenters. The van der Waals surface area contributed by atoms with E-state index in [1.54, 1.807) is 4.90 Å². The molecule has 4 fully saturated rings. The fourth-order valence-electron chi connectivity index (χ4n) is 5.60. The number of nitrogens with zero attached hydrogens (tertiary/aromatic N) is 2. The van der Waals surface area contributed by atoms with Crippen LogP contribution in [-0.2, 0) is 15.7 Å². The third kappa shape index (κ3) is 4.54. The highest BCUT2D eigenvalue weighted by Crippen LogP contribution is 2.50. The van der Waals surface area contributed by atoms with Gasteiger partial charge in [0.15, 0.2) is 11.6 Å². The van der Waals surface area contributed by atoms with Crippen molar-refractivity contribution in [1.82, 2.24) is 15.1 Å². The number of rotatable bonds is 2. The highest BCUT2D eigenvalue weighted by molar-refractivity contribution is 5.79. The van der Waals surface area contributed by atoms with E-state index < -0.39 is 17.6 Å². The van der Waals surface area contributed by atoms with Gasteiger partial charge in [-0.15, -0.1) is 0 Å². The van der Waals surface area contributed by atoms with Crippen molar-refractivity contribution in [3.8, 4) is 5.75 Å². The van der Waals surface area contributed by atoms with E-state index in [-0.39, 0.29) is 48.0 Å². The number of likely N-dealkylation sites (tertiary alicyclic amines) is 2. The first-order chi connectivity index (χ1) is 16.1. The number of fused-ring (bicyclic) bond motifs is 1. The van der Waals surface area contributed by atoms with E-state index in [9.17, 15) is 27.2 Å². The Kier molecular flexibility index (Phi) is 5.86. The van der Waals surface area contributed by atoms with Crippen LogP contribution in [-0.4, -0.2) is 72.8 Å². The fourth-order valence-corrected chi connectivity index (χ4v) is 5.60. The van der Waals surface area contributed by atoms with Crippen LogP contribution in [0.3, 0.4) is 0 Å². The number of benzene rings is 1. The van der Waals surface area contributed by atoms with Crippen LogP contribution in [0.1, 0.15) is 37.7 Å². The summed E-state index contributed by atoms with van der Waals surface area (Å²) in [7, 11) is 0. The molecule has 11 heteroatoms. The van der Waals surface area contributed by atoms with Crippen molar-refractivity contribution in [3.05, 3.63) is 29.6 Å². The number of alkyl halides is 3. The molecule has 2 atom stereocenters. The molecule has 4 aliphatic rings. The Morgan fingerprint density at radius 1 is 1.15 bits per heavy atom. The molecule has 0 bridgehead atoms. The molecule has 3 heterocycles. The number of hydrogen-bond acceptors (Lipinski definition) is 4. The van der Waals surface area contributed by atoms with Crippen LogP contribution in [0.4, 0.5) is 22.4 Å². The molecule has 1 spiro atoms. The largest absolute Gasteiger partial charge is 0.487 e. The zero-order valence-electron chi connectivity index (χ0n) is 18.6. The van der Waals surface area contributed by atoms with Crippen molar-refractivity contribution in [2.24, 2.45) is 5.41 Å². The maximum absolute atomic E-state index is 14.1. The first-order valence-electron chi connectivity index (χ1n) is 11.6. The molecule has 3 amide bonds. The number of morpholine rings is 1. The molecular weight excluding hydrogens is 458 g/mol. The van der Waals surface area contributed by atoms with Gasteiger partial charge in [0, 0.05) is 26.2 Å². The summed E-state index contributed by atoms with van der Waals surface area (Å²) >= 11 is 0. The van der Waals surface area contributed by atoms with Gasteiger partial charge in [-0.1, -0.05) is 0 Å². The fraction of sp³-hybridized carbons (Fsp3) is 0.652. The number of piperidine rings is 2. The van der Waals surface area contributed by atoms with Crippen molar-refractivity contribution in [1.29, 1.82) is 0 Å². The van der Waals surface area contributed by atoms with Crippen molar-refractivity contribution < 1.29 is 36.6 Å². The minimum atomic E-state index is -4.60. The van der Waals surface area contributed by atoms with Crippen LogP contribution < -0.4 is 10.1 Å². The molecule has 1 aromatic carbocycles. The lowest BCUT2D eigenvalue weighted by Gasteiger charge is -2.52. The Labute approximate surface area is 194 Å². The van der Waals surface area contributed by atoms with Gasteiger partial charge in [-0.3, -0.25) is 4.79 Å². The number of ether oxygens (including phenoxy) is 2. The Bertz CT molecular complexity index is 956. The van der Waals surface area contributed by atoms with Gasteiger partial charge in [-0.05, 0) is 55.7 Å². The molecule has 3 saturated heterocycles. The van der Waals surface area contributed by atoms with Crippen LogP contribution >= 0.6 is 0 Å². The lowest BCUT2D eigenvalue weighted by molar-refractivity contribution is -0.140. The summed E-state index contributed by atoms with van der Waals surface area (Å²) in [6.45, 7) is 2.30. The van der Waals surface area contributed by atoms with Gasteiger partial charge in [-0.25, -0.2) is 9.18 Å². The summed E-state index contributed by atoms with van der Waals surface area (Å²) in [5.74, 6) is -1.34. The molecule has 1 aromatic rings. The number of nitrogens with one attached hydrogen (secondary N) is 1. The first kappa shape index (κ1) is 23.2. The lowest BCUT2D eigenvalue weighted by Crippen LogP contribution is -2.63. The molecule has 0 aromatic heterocycles. The third-order valence-electron chi connectivity index (χ3n) is 7.56. The molecule has 5 rings (SSSR count). The number of urea groups is 1. The van der Waals surface area contributed by atoms with E-state index in [1.165, 1.54) is 0 Å². The summed E-state index contributed by atoms with van der Waals surface area (Å²) in [5.41, 5.74) is -1.02. The maximum Gasteiger partial charge on any atom is 0.416 e. The third-order valence-corrected chi connectivity index (χ3v) is 7.56. The van der Waals surface area contributed by atoms with Crippen molar-refractivity contribution >= 4 is 11.9 Å². The molecule has 1 saturated carbocycles. The minimum absolute atomic E-state index is 0.0159. The lowest BCUT2D eigenvalue weighted by atomic mass is 9.61. The molecule has 186 valence electrons. The van der Waals surface area contributed by atoms with E-state index >= 15 is 0 Å². The highest BCUT2D eigenvalue weighted by Gasteiger charge is 2.48. The molecule has 34 heavy (non-hydrogen) atoms. The van der Waals surface area contributed by atoms with Gasteiger partial charge in [0.2, 0.25) is 5.91 Å². The molecule has 0 radical (unpaired) electrons. The van der Waals surface area contributed by atoms with Gasteiger partial charge in [0.1, 0.15) is 6.61 Å². The molecule has 7 nitrogen and oxygen atoms in total. The number of hydrogen-bond donors (Lipinski definition) is 1. The van der Waals surface area contributed by atoms with Gasteiger partial charge in [-0.2, -0.15) is 13.2 Å². The van der Waals surface area contributed by atoms with E-state index in [1.807, 2.05) is 4.90 Å². The minimum Gasteiger partial charge on any atom is -0.487 e. The summed E-state index contributed by atoms with van der Waals surface area (Å²) in [5, 5.41) is 2.90. The number of amides is 3. The summed E-state index contributed by atoms with van der Waals surface area (Å²) in [6.07, 6.45) is -1.23. The standard InChI is InChI=1S/C23H27F4N3O4/c24-16-9-14(23(25,26)27)1-2-18(16)34-15-10-22(11-15)4-7-29(8-5-22)21(32)30-6-3-19-17(12-30)28-20(31)13-33-19/h1-2,9,15,17,19H,3-8,10-13H2,(H,28,31). The zero-order chi connectivity index (χ0) is 24.1. The molecular formula is C23H27F4N3O4. The average Bonchev–Trinajstić information content (AvgIpc) is 2.78. The second-order valence-corrected chi connectivity index (χ2v) is 9.82. The Morgan fingerprint density at radius 3 is 2.56 bits per heavy atom. The molecule has 3 aliphatic heterocycles. The van der Waals surface area contributed by atoms with Gasteiger partial charge < -0.3 is 24.6 Å². The predicted molar refractivity (Wildman–Crippen MR) is 112 cm³/mol. The first-order valence-corrected chi connectivity index (χ1v) is 11.6. The number of halogens is 4.